The molecule has 3 aromatic rings. The highest BCUT2D eigenvalue weighted by atomic mass is 35.5. The molecule has 4 rings (SSSR count). The van der Waals surface area contributed by atoms with Crippen molar-refractivity contribution in [1.82, 2.24) is 0 Å². The average Bonchev–Trinajstić information content (AvgIpc) is 3.32. The number of amides is 1. The smallest absolute Gasteiger partial charge is 0.270 e. The van der Waals surface area contributed by atoms with Crippen LogP contribution in [0.4, 0.5) is 11.4 Å². The van der Waals surface area contributed by atoms with Gasteiger partial charge in [-0.05, 0) is 37.3 Å². The molecular formula is C22H13ClN2O5S2. The van der Waals surface area contributed by atoms with Crippen LogP contribution in [0, 0.1) is 10.1 Å². The Bertz CT molecular complexity index is 1330. The van der Waals surface area contributed by atoms with E-state index in [-0.39, 0.29) is 22.4 Å². The summed E-state index contributed by atoms with van der Waals surface area (Å²) >= 11 is 12.7. The highest BCUT2D eigenvalue weighted by Crippen LogP contribution is 2.38. The van der Waals surface area contributed by atoms with Crippen molar-refractivity contribution in [3.8, 4) is 11.3 Å². The van der Waals surface area contributed by atoms with Crippen molar-refractivity contribution in [2.45, 2.75) is 6.92 Å². The molecule has 0 bridgehead atoms. The molecule has 1 aromatic heterocycles. The van der Waals surface area contributed by atoms with Crippen LogP contribution in [0.25, 0.3) is 17.4 Å². The minimum absolute atomic E-state index is 0.110. The fourth-order valence-corrected chi connectivity index (χ4v) is 4.62. The molecule has 0 spiro atoms. The number of carbonyl (C=O) groups excluding carboxylic acids is 2. The predicted molar refractivity (Wildman–Crippen MR) is 128 cm³/mol. The summed E-state index contributed by atoms with van der Waals surface area (Å²) in [4.78, 5) is 36.7. The third-order valence-corrected chi connectivity index (χ3v) is 6.25. The van der Waals surface area contributed by atoms with Crippen molar-refractivity contribution in [2.24, 2.45) is 0 Å². The number of carbonyl (C=O) groups is 2. The van der Waals surface area contributed by atoms with E-state index < -0.39 is 4.92 Å². The summed E-state index contributed by atoms with van der Waals surface area (Å²) in [6.07, 6.45) is 1.57. The number of rotatable bonds is 5. The van der Waals surface area contributed by atoms with Gasteiger partial charge in [0.15, 0.2) is 10.1 Å². The van der Waals surface area contributed by atoms with Gasteiger partial charge >= 0.3 is 0 Å². The molecule has 2 aromatic carbocycles. The lowest BCUT2D eigenvalue weighted by Gasteiger charge is -2.15. The molecule has 1 fully saturated rings. The maximum Gasteiger partial charge on any atom is 0.270 e. The Labute approximate surface area is 196 Å². The first-order valence-electron chi connectivity index (χ1n) is 9.17. The van der Waals surface area contributed by atoms with Gasteiger partial charge in [0.05, 0.1) is 20.5 Å². The second-order valence-corrected chi connectivity index (χ2v) is 8.83. The van der Waals surface area contributed by atoms with Gasteiger partial charge in [0, 0.05) is 29.3 Å². The van der Waals surface area contributed by atoms with E-state index in [4.69, 9.17) is 28.2 Å². The van der Waals surface area contributed by atoms with E-state index in [2.05, 4.69) is 0 Å². The van der Waals surface area contributed by atoms with E-state index in [1.54, 1.807) is 42.5 Å². The SMILES string of the molecule is CC(=O)c1cccc(N2C(=O)/C(=C\c3ccc(-c4ccc([N+](=O)[O-])cc4Cl)o3)SC2=S)c1. The number of nitro benzene ring substituents is 1. The molecule has 1 aliphatic heterocycles. The predicted octanol–water partition coefficient (Wildman–Crippen LogP) is 6.12. The van der Waals surface area contributed by atoms with Gasteiger partial charge in [0.2, 0.25) is 0 Å². The number of Topliss-reactive ketones (excluding diaryl/α,β-unsaturated/α-hetero) is 1. The van der Waals surface area contributed by atoms with E-state index in [0.29, 0.717) is 37.6 Å². The number of nitrogens with zero attached hydrogens (tertiary/aromatic N) is 2. The van der Waals surface area contributed by atoms with Crippen LogP contribution < -0.4 is 4.90 Å². The summed E-state index contributed by atoms with van der Waals surface area (Å²) in [6, 6.07) is 14.1. The van der Waals surface area contributed by atoms with Crippen molar-refractivity contribution in [2.75, 3.05) is 4.90 Å². The van der Waals surface area contributed by atoms with Crippen LogP contribution in [-0.2, 0) is 4.79 Å². The van der Waals surface area contributed by atoms with Crippen molar-refractivity contribution in [3.63, 3.8) is 0 Å². The molecule has 1 saturated heterocycles. The van der Waals surface area contributed by atoms with Crippen LogP contribution in [0.15, 0.2) is 63.9 Å². The first kappa shape index (κ1) is 21.9. The molecular weight excluding hydrogens is 472 g/mol. The molecule has 32 heavy (non-hydrogen) atoms. The molecule has 0 radical (unpaired) electrons. The lowest BCUT2D eigenvalue weighted by Crippen LogP contribution is -2.27. The van der Waals surface area contributed by atoms with Gasteiger partial charge in [-0.25, -0.2) is 0 Å². The van der Waals surface area contributed by atoms with E-state index in [1.165, 1.54) is 30.0 Å². The molecule has 2 heterocycles. The Morgan fingerprint density at radius 3 is 2.69 bits per heavy atom. The Morgan fingerprint density at radius 1 is 1.22 bits per heavy atom. The molecule has 1 aliphatic rings. The topological polar surface area (TPSA) is 93.7 Å². The Hall–Kier alpha value is -3.27. The first-order chi connectivity index (χ1) is 15.2. The highest BCUT2D eigenvalue weighted by Gasteiger charge is 2.33. The molecule has 1 amide bonds. The second-order valence-electron chi connectivity index (χ2n) is 6.75. The zero-order chi connectivity index (χ0) is 23.0. The lowest BCUT2D eigenvalue weighted by atomic mass is 10.1. The number of nitro groups is 1. The number of thioether (sulfide) groups is 1. The van der Waals surface area contributed by atoms with Crippen LogP contribution in [0.1, 0.15) is 23.0 Å². The van der Waals surface area contributed by atoms with Crippen molar-refractivity contribution >= 4 is 69.0 Å². The average molecular weight is 485 g/mol. The number of hydrogen-bond donors (Lipinski definition) is 0. The third-order valence-electron chi connectivity index (χ3n) is 4.63. The molecule has 7 nitrogen and oxygen atoms in total. The normalized spacial score (nSPS) is 14.9. The summed E-state index contributed by atoms with van der Waals surface area (Å²) < 4.78 is 6.13. The van der Waals surface area contributed by atoms with E-state index in [9.17, 15) is 19.7 Å². The van der Waals surface area contributed by atoms with Crippen LogP contribution in [-0.4, -0.2) is 20.9 Å². The van der Waals surface area contributed by atoms with Crippen molar-refractivity contribution < 1.29 is 18.9 Å². The second kappa shape index (κ2) is 8.70. The maximum absolute atomic E-state index is 13.0. The van der Waals surface area contributed by atoms with Gasteiger partial charge in [-0.1, -0.05) is 47.7 Å². The zero-order valence-electron chi connectivity index (χ0n) is 16.4. The number of ketones is 1. The number of furan rings is 1. The third kappa shape index (κ3) is 4.22. The minimum Gasteiger partial charge on any atom is -0.457 e. The quantitative estimate of drug-likeness (QED) is 0.142. The van der Waals surface area contributed by atoms with Gasteiger partial charge in [0.1, 0.15) is 11.5 Å². The Morgan fingerprint density at radius 2 is 2.00 bits per heavy atom. The molecule has 10 heteroatoms. The van der Waals surface area contributed by atoms with Gasteiger partial charge in [0.25, 0.3) is 11.6 Å². The molecule has 0 N–H and O–H groups in total. The van der Waals surface area contributed by atoms with Gasteiger partial charge in [-0.15, -0.1) is 0 Å². The van der Waals surface area contributed by atoms with Gasteiger partial charge in [-0.2, -0.15) is 0 Å². The summed E-state index contributed by atoms with van der Waals surface area (Å²) in [5.41, 5.74) is 1.37. The van der Waals surface area contributed by atoms with E-state index in [1.807, 2.05) is 0 Å². The molecule has 0 saturated carbocycles. The zero-order valence-corrected chi connectivity index (χ0v) is 18.8. The van der Waals surface area contributed by atoms with E-state index in [0.717, 1.165) is 11.8 Å². The summed E-state index contributed by atoms with van der Waals surface area (Å²) in [5, 5.41) is 11.1. The fraction of sp³-hybridized carbons (Fsp3) is 0.0455. The van der Waals surface area contributed by atoms with Crippen LogP contribution in [0.3, 0.4) is 0 Å². The number of benzene rings is 2. The lowest BCUT2D eigenvalue weighted by molar-refractivity contribution is -0.384. The fourth-order valence-electron chi connectivity index (χ4n) is 3.08. The number of non-ortho nitro benzene ring substituents is 1. The maximum atomic E-state index is 13.0. The standard InChI is InChI=1S/C22H13ClN2O5S2/c1-12(26)13-3-2-4-14(9-13)24-21(27)20(32-22(24)31)11-16-6-8-19(30-16)17-7-5-15(25(28)29)10-18(17)23/h2-11H,1H3/b20-11+. The molecule has 0 atom stereocenters. The van der Waals surface area contributed by atoms with Crippen molar-refractivity contribution in [3.05, 3.63) is 86.0 Å². The minimum atomic E-state index is -0.530. The molecule has 0 unspecified atom stereocenters. The summed E-state index contributed by atoms with van der Waals surface area (Å²) in [6.45, 7) is 1.45. The molecule has 160 valence electrons. The van der Waals surface area contributed by atoms with Crippen LogP contribution in [0.2, 0.25) is 5.02 Å². The van der Waals surface area contributed by atoms with Crippen molar-refractivity contribution in [1.29, 1.82) is 0 Å². The monoisotopic (exact) mass is 484 g/mol. The number of halogens is 1. The van der Waals surface area contributed by atoms with Crippen LogP contribution >= 0.6 is 35.6 Å². The van der Waals surface area contributed by atoms with Gasteiger partial charge in [-0.3, -0.25) is 24.6 Å². The first-order valence-corrected chi connectivity index (χ1v) is 10.8. The largest absolute Gasteiger partial charge is 0.457 e. The van der Waals surface area contributed by atoms with Crippen LogP contribution in [0.5, 0.6) is 0 Å². The number of thiocarbonyl (C=S) groups is 1. The highest BCUT2D eigenvalue weighted by molar-refractivity contribution is 8.27. The van der Waals surface area contributed by atoms with E-state index >= 15 is 0 Å². The Balaban J connectivity index is 1.61. The van der Waals surface area contributed by atoms with Gasteiger partial charge < -0.3 is 4.42 Å². The Kier molecular flexibility index (Phi) is 5.96. The summed E-state index contributed by atoms with van der Waals surface area (Å²) in [5.74, 6) is 0.362. The number of hydrogen-bond acceptors (Lipinski definition) is 7. The number of anilines is 1. The summed E-state index contributed by atoms with van der Waals surface area (Å²) in [7, 11) is 0. The molecule has 0 aliphatic carbocycles.